The molecule has 0 atom stereocenters. The number of hydrogen-bond donors (Lipinski definition) is 2. The topological polar surface area (TPSA) is 61.4 Å². The number of halogens is 1. The van der Waals surface area contributed by atoms with Gasteiger partial charge in [-0.25, -0.2) is 0 Å². The molecule has 0 aromatic heterocycles. The lowest BCUT2D eigenvalue weighted by Gasteiger charge is -2.16. The molecule has 5 nitrogen and oxygen atoms in total. The molecule has 1 aliphatic heterocycles. The van der Waals surface area contributed by atoms with Crippen molar-refractivity contribution in [3.05, 3.63) is 53.1 Å². The summed E-state index contributed by atoms with van der Waals surface area (Å²) in [6.45, 7) is 2.86. The molecule has 0 bridgehead atoms. The zero-order valence-electron chi connectivity index (χ0n) is 14.0. The maximum atomic E-state index is 12.1. The highest BCUT2D eigenvalue weighted by Crippen LogP contribution is 2.23. The van der Waals surface area contributed by atoms with Crippen LogP contribution in [0.15, 0.2) is 42.5 Å². The van der Waals surface area contributed by atoms with E-state index < -0.39 is 0 Å². The molecule has 0 spiro atoms. The van der Waals surface area contributed by atoms with E-state index in [2.05, 4.69) is 10.6 Å². The van der Waals surface area contributed by atoms with E-state index in [4.69, 9.17) is 11.6 Å². The molecular weight excluding hydrogens is 338 g/mol. The van der Waals surface area contributed by atoms with E-state index in [1.807, 2.05) is 43.3 Å². The van der Waals surface area contributed by atoms with Crippen LogP contribution in [-0.2, 0) is 9.59 Å². The van der Waals surface area contributed by atoms with Crippen molar-refractivity contribution >= 4 is 40.5 Å². The Hall–Kier alpha value is -2.53. The van der Waals surface area contributed by atoms with Crippen LogP contribution in [-0.4, -0.2) is 24.9 Å². The number of anilines is 3. The van der Waals surface area contributed by atoms with E-state index in [1.165, 1.54) is 0 Å². The zero-order valence-corrected chi connectivity index (χ0v) is 14.8. The molecule has 2 N–H and O–H groups in total. The molecule has 1 fully saturated rings. The number of nitrogens with one attached hydrogen (secondary N) is 2. The Morgan fingerprint density at radius 3 is 2.64 bits per heavy atom. The molecule has 0 saturated carbocycles. The lowest BCUT2D eigenvalue weighted by Crippen LogP contribution is -2.24. The number of aryl methyl sites for hydroxylation is 1. The third kappa shape index (κ3) is 4.31. The molecule has 0 aliphatic carbocycles. The van der Waals surface area contributed by atoms with Gasteiger partial charge in [0.1, 0.15) is 0 Å². The van der Waals surface area contributed by atoms with Crippen LogP contribution >= 0.6 is 11.6 Å². The summed E-state index contributed by atoms with van der Waals surface area (Å²) in [6, 6.07) is 12.8. The van der Waals surface area contributed by atoms with Gasteiger partial charge in [0, 0.05) is 35.1 Å². The van der Waals surface area contributed by atoms with Crippen LogP contribution in [0.2, 0.25) is 5.02 Å². The number of amides is 2. The van der Waals surface area contributed by atoms with E-state index in [0.717, 1.165) is 29.9 Å². The second kappa shape index (κ2) is 7.57. The van der Waals surface area contributed by atoms with Crippen molar-refractivity contribution in [2.75, 3.05) is 28.6 Å². The second-order valence-electron chi connectivity index (χ2n) is 6.06. The minimum Gasteiger partial charge on any atom is -0.376 e. The van der Waals surface area contributed by atoms with Crippen molar-refractivity contribution < 1.29 is 9.59 Å². The van der Waals surface area contributed by atoms with Crippen LogP contribution < -0.4 is 15.5 Å². The minimum atomic E-state index is -0.149. The van der Waals surface area contributed by atoms with Crippen molar-refractivity contribution in [1.82, 2.24) is 0 Å². The van der Waals surface area contributed by atoms with Gasteiger partial charge in [-0.05, 0) is 55.3 Å². The third-order valence-electron chi connectivity index (χ3n) is 4.18. The predicted molar refractivity (Wildman–Crippen MR) is 101 cm³/mol. The molecule has 2 aromatic carbocycles. The van der Waals surface area contributed by atoms with E-state index in [-0.39, 0.29) is 18.4 Å². The SMILES string of the molecule is Cc1ccc(Cl)cc1NCC(=O)Nc1ccc(N2CCCC2=O)cc1. The average Bonchev–Trinajstić information content (AvgIpc) is 3.02. The highest BCUT2D eigenvalue weighted by molar-refractivity contribution is 6.30. The first-order valence-corrected chi connectivity index (χ1v) is 8.61. The summed E-state index contributed by atoms with van der Waals surface area (Å²) in [5.74, 6) is 0.00208. The summed E-state index contributed by atoms with van der Waals surface area (Å²) in [5.41, 5.74) is 3.43. The Bertz CT molecular complexity index is 790. The Morgan fingerprint density at radius 2 is 1.96 bits per heavy atom. The first kappa shape index (κ1) is 17.3. The summed E-state index contributed by atoms with van der Waals surface area (Å²) in [4.78, 5) is 25.6. The maximum Gasteiger partial charge on any atom is 0.243 e. The Balaban J connectivity index is 1.56. The van der Waals surface area contributed by atoms with Crippen molar-refractivity contribution in [3.63, 3.8) is 0 Å². The molecule has 130 valence electrons. The molecule has 2 aromatic rings. The molecule has 2 amide bonds. The van der Waals surface area contributed by atoms with Gasteiger partial charge in [-0.2, -0.15) is 0 Å². The molecule has 1 heterocycles. The van der Waals surface area contributed by atoms with Crippen molar-refractivity contribution in [2.45, 2.75) is 19.8 Å². The van der Waals surface area contributed by atoms with Gasteiger partial charge in [0.2, 0.25) is 11.8 Å². The molecule has 0 radical (unpaired) electrons. The minimum absolute atomic E-state index is 0.146. The smallest absolute Gasteiger partial charge is 0.243 e. The zero-order chi connectivity index (χ0) is 17.8. The highest BCUT2D eigenvalue weighted by Gasteiger charge is 2.21. The molecule has 1 aliphatic rings. The maximum absolute atomic E-state index is 12.1. The summed E-state index contributed by atoms with van der Waals surface area (Å²) in [6.07, 6.45) is 1.50. The molecule has 1 saturated heterocycles. The van der Waals surface area contributed by atoms with E-state index in [9.17, 15) is 9.59 Å². The van der Waals surface area contributed by atoms with Gasteiger partial charge in [0.25, 0.3) is 0 Å². The van der Waals surface area contributed by atoms with E-state index in [1.54, 1.807) is 11.0 Å². The fraction of sp³-hybridized carbons (Fsp3) is 0.263. The lowest BCUT2D eigenvalue weighted by atomic mass is 10.2. The monoisotopic (exact) mass is 357 g/mol. The number of carbonyl (C=O) groups excluding carboxylic acids is 2. The van der Waals surface area contributed by atoms with Crippen molar-refractivity contribution in [1.29, 1.82) is 0 Å². The number of nitrogens with zero attached hydrogens (tertiary/aromatic N) is 1. The van der Waals surface area contributed by atoms with Crippen LogP contribution in [0.25, 0.3) is 0 Å². The fourth-order valence-corrected chi connectivity index (χ4v) is 2.98. The quantitative estimate of drug-likeness (QED) is 0.855. The number of benzene rings is 2. The van der Waals surface area contributed by atoms with Crippen LogP contribution in [0.4, 0.5) is 17.1 Å². The molecule has 3 rings (SSSR count). The largest absolute Gasteiger partial charge is 0.376 e. The Labute approximate surface area is 152 Å². The van der Waals surface area contributed by atoms with Crippen LogP contribution in [0.1, 0.15) is 18.4 Å². The Kier molecular flexibility index (Phi) is 5.24. The normalized spacial score (nSPS) is 13.8. The van der Waals surface area contributed by atoms with Crippen molar-refractivity contribution in [3.8, 4) is 0 Å². The standard InChI is InChI=1S/C19H20ClN3O2/c1-13-4-5-14(20)11-17(13)21-12-18(24)22-15-6-8-16(9-7-15)23-10-2-3-19(23)25/h4-9,11,21H,2-3,10,12H2,1H3,(H,22,24). The van der Waals surface area contributed by atoms with Crippen LogP contribution in [0.3, 0.4) is 0 Å². The molecule has 25 heavy (non-hydrogen) atoms. The van der Waals surface area contributed by atoms with Gasteiger partial charge in [0.15, 0.2) is 0 Å². The lowest BCUT2D eigenvalue weighted by molar-refractivity contribution is -0.117. The Morgan fingerprint density at radius 1 is 1.20 bits per heavy atom. The first-order chi connectivity index (χ1) is 12.0. The van der Waals surface area contributed by atoms with Gasteiger partial charge in [-0.1, -0.05) is 17.7 Å². The van der Waals surface area contributed by atoms with Gasteiger partial charge in [0.05, 0.1) is 6.54 Å². The van der Waals surface area contributed by atoms with Gasteiger partial charge in [-0.15, -0.1) is 0 Å². The molecular formula is C19H20ClN3O2. The second-order valence-corrected chi connectivity index (χ2v) is 6.49. The summed E-state index contributed by atoms with van der Waals surface area (Å²) < 4.78 is 0. The third-order valence-corrected chi connectivity index (χ3v) is 4.41. The first-order valence-electron chi connectivity index (χ1n) is 8.23. The predicted octanol–water partition coefficient (Wildman–Crippen LogP) is 3.83. The number of carbonyl (C=O) groups is 2. The molecule has 6 heteroatoms. The number of rotatable bonds is 5. The van der Waals surface area contributed by atoms with Gasteiger partial charge < -0.3 is 15.5 Å². The van der Waals surface area contributed by atoms with Gasteiger partial charge in [-0.3, -0.25) is 9.59 Å². The summed E-state index contributed by atoms with van der Waals surface area (Å²) in [5, 5.41) is 6.55. The summed E-state index contributed by atoms with van der Waals surface area (Å²) >= 11 is 5.97. The van der Waals surface area contributed by atoms with Crippen LogP contribution in [0.5, 0.6) is 0 Å². The highest BCUT2D eigenvalue weighted by atomic mass is 35.5. The summed E-state index contributed by atoms with van der Waals surface area (Å²) in [7, 11) is 0. The average molecular weight is 358 g/mol. The van der Waals surface area contributed by atoms with Crippen molar-refractivity contribution in [2.24, 2.45) is 0 Å². The fourth-order valence-electron chi connectivity index (χ4n) is 2.81. The number of hydrogen-bond acceptors (Lipinski definition) is 3. The van der Waals surface area contributed by atoms with E-state index >= 15 is 0 Å². The van der Waals surface area contributed by atoms with E-state index in [0.29, 0.717) is 17.1 Å². The van der Waals surface area contributed by atoms with Crippen LogP contribution in [0, 0.1) is 6.92 Å². The van der Waals surface area contributed by atoms with Gasteiger partial charge >= 0.3 is 0 Å². The molecule has 0 unspecified atom stereocenters.